The topological polar surface area (TPSA) is 104 Å². The van der Waals surface area contributed by atoms with Crippen LogP contribution in [-0.4, -0.2) is 37.2 Å². The summed E-state index contributed by atoms with van der Waals surface area (Å²) in [7, 11) is -4.33. The minimum absolute atomic E-state index is 0.0911. The normalized spacial score (nSPS) is 13.2. The highest BCUT2D eigenvalue weighted by atomic mass is 32.2. The second kappa shape index (κ2) is 6.25. The van der Waals surface area contributed by atoms with Crippen molar-refractivity contribution in [2.45, 2.75) is 24.3 Å². The van der Waals surface area contributed by atoms with Crippen LogP contribution in [-0.2, 0) is 10.0 Å². The summed E-state index contributed by atoms with van der Waals surface area (Å²) in [4.78, 5) is 9.74. The quantitative estimate of drug-likeness (QED) is 0.718. The number of sulfonamides is 1. The molecular formula is C11H13F2NO5S. The first-order valence-corrected chi connectivity index (χ1v) is 7.04. The van der Waals surface area contributed by atoms with Crippen molar-refractivity contribution in [1.82, 2.24) is 4.72 Å². The van der Waals surface area contributed by atoms with Crippen LogP contribution in [0.15, 0.2) is 17.0 Å². The predicted octanol–water partition coefficient (Wildman–Crippen LogP) is 0.712. The van der Waals surface area contributed by atoms with Gasteiger partial charge < -0.3 is 10.2 Å². The summed E-state index contributed by atoms with van der Waals surface area (Å²) in [6.07, 6.45) is -0.668. The van der Waals surface area contributed by atoms with E-state index < -0.39 is 44.2 Å². The molecule has 0 aliphatic carbocycles. The average molecular weight is 309 g/mol. The number of nitrogens with one attached hydrogen (secondary N) is 1. The van der Waals surface area contributed by atoms with Gasteiger partial charge in [-0.05, 0) is 25.5 Å². The number of carboxylic acids is 1. The van der Waals surface area contributed by atoms with Crippen LogP contribution < -0.4 is 4.72 Å². The molecule has 0 fully saturated rings. The van der Waals surface area contributed by atoms with Gasteiger partial charge in [0.1, 0.15) is 16.3 Å². The van der Waals surface area contributed by atoms with E-state index in [4.69, 9.17) is 10.2 Å². The Labute approximate surface area is 114 Å². The van der Waals surface area contributed by atoms with Gasteiger partial charge in [-0.2, -0.15) is 0 Å². The van der Waals surface area contributed by atoms with Crippen LogP contribution in [0.2, 0.25) is 0 Å². The first kappa shape index (κ1) is 16.5. The number of rotatable bonds is 6. The smallest absolute Gasteiger partial charge is 0.341 e. The zero-order chi connectivity index (χ0) is 15.5. The van der Waals surface area contributed by atoms with E-state index in [0.717, 1.165) is 0 Å². The number of carbonyl (C=O) groups is 1. The number of hydrogen-bond donors (Lipinski definition) is 3. The first-order chi connectivity index (χ1) is 9.16. The van der Waals surface area contributed by atoms with Crippen molar-refractivity contribution in [1.29, 1.82) is 0 Å². The van der Waals surface area contributed by atoms with Gasteiger partial charge >= 0.3 is 5.97 Å². The Morgan fingerprint density at radius 2 is 2.00 bits per heavy atom. The van der Waals surface area contributed by atoms with Gasteiger partial charge in [-0.3, -0.25) is 0 Å². The molecule has 112 valence electrons. The number of hydrogen-bond acceptors (Lipinski definition) is 4. The Hall–Kier alpha value is -1.58. The maximum absolute atomic E-state index is 13.8. The van der Waals surface area contributed by atoms with Gasteiger partial charge in [0, 0.05) is 6.54 Å². The zero-order valence-electron chi connectivity index (χ0n) is 10.4. The molecule has 0 aliphatic heterocycles. The number of aromatic carboxylic acids is 1. The van der Waals surface area contributed by atoms with Crippen molar-refractivity contribution >= 4 is 16.0 Å². The summed E-state index contributed by atoms with van der Waals surface area (Å²) in [5.74, 6) is -4.93. The fourth-order valence-electron chi connectivity index (χ4n) is 1.42. The Morgan fingerprint density at radius 3 is 2.50 bits per heavy atom. The van der Waals surface area contributed by atoms with Crippen molar-refractivity contribution < 1.29 is 32.2 Å². The zero-order valence-corrected chi connectivity index (χ0v) is 11.2. The molecule has 1 rings (SSSR count). The third-order valence-corrected chi connectivity index (χ3v) is 3.89. The molecule has 0 heterocycles. The second-order valence-electron chi connectivity index (χ2n) is 4.08. The molecule has 20 heavy (non-hydrogen) atoms. The summed E-state index contributed by atoms with van der Waals surface area (Å²) in [5.41, 5.74) is -1.33. The average Bonchev–Trinajstić information content (AvgIpc) is 2.26. The van der Waals surface area contributed by atoms with Gasteiger partial charge in [0.25, 0.3) is 0 Å². The van der Waals surface area contributed by atoms with Gasteiger partial charge in [0.2, 0.25) is 10.0 Å². The SMILES string of the molecule is CC(O)CCNS(=O)(=O)c1ccc(F)c(C(=O)O)c1F. The summed E-state index contributed by atoms with van der Waals surface area (Å²) in [6.45, 7) is 1.27. The van der Waals surface area contributed by atoms with Crippen molar-refractivity contribution in [3.05, 3.63) is 29.3 Å². The molecule has 0 radical (unpaired) electrons. The molecule has 1 unspecified atom stereocenters. The van der Waals surface area contributed by atoms with Gasteiger partial charge in [-0.25, -0.2) is 26.7 Å². The third-order valence-electron chi connectivity index (χ3n) is 2.41. The van der Waals surface area contributed by atoms with E-state index in [1.54, 1.807) is 0 Å². The minimum Gasteiger partial charge on any atom is -0.477 e. The lowest BCUT2D eigenvalue weighted by atomic mass is 10.2. The Morgan fingerprint density at radius 1 is 1.40 bits per heavy atom. The van der Waals surface area contributed by atoms with Crippen LogP contribution in [0.1, 0.15) is 23.7 Å². The Balaban J connectivity index is 3.13. The van der Waals surface area contributed by atoms with Crippen molar-refractivity contribution in [2.24, 2.45) is 0 Å². The molecule has 0 saturated heterocycles. The summed E-state index contributed by atoms with van der Waals surface area (Å²) >= 11 is 0. The van der Waals surface area contributed by atoms with Gasteiger partial charge in [0.15, 0.2) is 5.82 Å². The van der Waals surface area contributed by atoms with E-state index in [2.05, 4.69) is 0 Å². The molecule has 0 bridgehead atoms. The number of halogens is 2. The van der Waals surface area contributed by atoms with E-state index in [1.165, 1.54) is 6.92 Å². The summed E-state index contributed by atoms with van der Waals surface area (Å²) < 4.78 is 52.5. The van der Waals surface area contributed by atoms with Crippen LogP contribution in [0.4, 0.5) is 8.78 Å². The fourth-order valence-corrected chi connectivity index (χ4v) is 2.54. The fraction of sp³-hybridized carbons (Fsp3) is 0.364. The highest BCUT2D eigenvalue weighted by Crippen LogP contribution is 2.21. The van der Waals surface area contributed by atoms with Crippen molar-refractivity contribution in [3.8, 4) is 0 Å². The highest BCUT2D eigenvalue weighted by Gasteiger charge is 2.26. The Kier molecular flexibility index (Phi) is 5.15. The largest absolute Gasteiger partial charge is 0.477 e. The van der Waals surface area contributed by atoms with E-state index in [1.807, 2.05) is 4.72 Å². The molecule has 3 N–H and O–H groups in total. The predicted molar refractivity (Wildman–Crippen MR) is 64.8 cm³/mol. The van der Waals surface area contributed by atoms with Gasteiger partial charge in [-0.15, -0.1) is 0 Å². The molecule has 0 aromatic heterocycles. The third kappa shape index (κ3) is 3.71. The lowest BCUT2D eigenvalue weighted by Crippen LogP contribution is -2.28. The Bertz CT molecular complexity index is 615. The molecule has 0 saturated carbocycles. The molecule has 9 heteroatoms. The van der Waals surface area contributed by atoms with Gasteiger partial charge in [0.05, 0.1) is 6.10 Å². The minimum atomic E-state index is -4.33. The number of carboxylic acid groups (broad SMARTS) is 1. The molecule has 1 aromatic carbocycles. The van der Waals surface area contributed by atoms with Crippen LogP contribution in [0.3, 0.4) is 0 Å². The standard InChI is InChI=1S/C11H13F2NO5S/c1-6(15)4-5-14-20(18,19)8-3-2-7(12)9(10(8)13)11(16)17/h2-3,6,14-15H,4-5H2,1H3,(H,16,17). The van der Waals surface area contributed by atoms with Crippen LogP contribution >= 0.6 is 0 Å². The van der Waals surface area contributed by atoms with Crippen molar-refractivity contribution in [2.75, 3.05) is 6.54 Å². The molecule has 0 amide bonds. The second-order valence-corrected chi connectivity index (χ2v) is 5.81. The maximum atomic E-state index is 13.8. The monoisotopic (exact) mass is 309 g/mol. The van der Waals surface area contributed by atoms with E-state index in [9.17, 15) is 22.0 Å². The van der Waals surface area contributed by atoms with E-state index >= 15 is 0 Å². The number of benzene rings is 1. The molecule has 1 aromatic rings. The molecule has 6 nitrogen and oxygen atoms in total. The molecule has 0 spiro atoms. The van der Waals surface area contributed by atoms with Crippen LogP contribution in [0, 0.1) is 11.6 Å². The maximum Gasteiger partial charge on any atom is 0.341 e. The first-order valence-electron chi connectivity index (χ1n) is 5.56. The van der Waals surface area contributed by atoms with Crippen LogP contribution in [0.25, 0.3) is 0 Å². The lowest BCUT2D eigenvalue weighted by Gasteiger charge is -2.10. The molecule has 0 aliphatic rings. The lowest BCUT2D eigenvalue weighted by molar-refractivity contribution is 0.0685. The molecule has 1 atom stereocenters. The molecular weight excluding hydrogens is 296 g/mol. The highest BCUT2D eigenvalue weighted by molar-refractivity contribution is 7.89. The van der Waals surface area contributed by atoms with Crippen molar-refractivity contribution in [3.63, 3.8) is 0 Å². The van der Waals surface area contributed by atoms with Gasteiger partial charge in [-0.1, -0.05) is 0 Å². The van der Waals surface area contributed by atoms with E-state index in [-0.39, 0.29) is 13.0 Å². The van der Waals surface area contributed by atoms with Crippen LogP contribution in [0.5, 0.6) is 0 Å². The number of aliphatic hydroxyl groups is 1. The van der Waals surface area contributed by atoms with E-state index in [0.29, 0.717) is 12.1 Å². The number of aliphatic hydroxyl groups excluding tert-OH is 1. The summed E-state index contributed by atoms with van der Waals surface area (Å²) in [5, 5.41) is 17.6. The summed E-state index contributed by atoms with van der Waals surface area (Å²) in [6, 6.07) is 1.21.